The van der Waals surface area contributed by atoms with Gasteiger partial charge >= 0.3 is 6.09 Å². The maximum Gasteiger partial charge on any atom is 0.405 e. The summed E-state index contributed by atoms with van der Waals surface area (Å²) in [4.78, 5) is 11.4. The Kier molecular flexibility index (Phi) is 5.02. The Labute approximate surface area is 153 Å². The minimum atomic E-state index is -0.724. The Morgan fingerprint density at radius 2 is 2.08 bits per heavy atom. The molecule has 0 aromatic carbocycles. The van der Waals surface area contributed by atoms with Gasteiger partial charge < -0.3 is 15.0 Å². The third-order valence-electron chi connectivity index (χ3n) is 4.86. The van der Waals surface area contributed by atoms with Crippen molar-refractivity contribution in [2.24, 2.45) is 5.73 Å². The standard InChI is InChI=1S/C18H27N5O3/c1-17(2,3)15-13(12-25-21-15)10-23-11-14(20-22-23)9-18(26-16(19)24)7-5-4-6-8-18/h11-12H,4-10H2,1-3H3,(H2,19,24). The normalized spacial score (nSPS) is 17.2. The van der Waals surface area contributed by atoms with Gasteiger partial charge in [0.1, 0.15) is 11.9 Å². The molecule has 0 atom stereocenters. The molecule has 0 radical (unpaired) electrons. The molecule has 2 N–H and O–H groups in total. The van der Waals surface area contributed by atoms with Crippen molar-refractivity contribution in [3.63, 3.8) is 0 Å². The SMILES string of the molecule is CC(C)(C)c1nocc1Cn1cc(CC2(OC(N)=O)CCCCC2)nn1. The summed E-state index contributed by atoms with van der Waals surface area (Å²) in [6.07, 6.45) is 8.17. The van der Waals surface area contributed by atoms with Crippen LogP contribution in [0.5, 0.6) is 0 Å². The van der Waals surface area contributed by atoms with Crippen LogP contribution in [0, 0.1) is 0 Å². The van der Waals surface area contributed by atoms with Gasteiger partial charge in [0, 0.05) is 23.6 Å². The molecule has 8 heteroatoms. The average molecular weight is 361 g/mol. The van der Waals surface area contributed by atoms with Crippen molar-refractivity contribution in [1.29, 1.82) is 0 Å². The van der Waals surface area contributed by atoms with E-state index >= 15 is 0 Å². The number of nitrogens with zero attached hydrogens (tertiary/aromatic N) is 4. The summed E-state index contributed by atoms with van der Waals surface area (Å²) in [6.45, 7) is 6.81. The van der Waals surface area contributed by atoms with Gasteiger partial charge in [-0.2, -0.15) is 0 Å². The van der Waals surface area contributed by atoms with Crippen molar-refractivity contribution >= 4 is 6.09 Å². The quantitative estimate of drug-likeness (QED) is 0.877. The molecule has 0 spiro atoms. The van der Waals surface area contributed by atoms with E-state index in [1.807, 2.05) is 6.20 Å². The number of amides is 1. The Morgan fingerprint density at radius 1 is 1.35 bits per heavy atom. The molecule has 8 nitrogen and oxygen atoms in total. The highest BCUT2D eigenvalue weighted by Crippen LogP contribution is 2.34. The third kappa shape index (κ3) is 4.23. The Morgan fingerprint density at radius 3 is 2.73 bits per heavy atom. The lowest BCUT2D eigenvalue weighted by atomic mass is 9.81. The molecular weight excluding hydrogens is 334 g/mol. The van der Waals surface area contributed by atoms with Crippen LogP contribution in [0.25, 0.3) is 0 Å². The summed E-state index contributed by atoms with van der Waals surface area (Å²) in [5.74, 6) is 0. The zero-order valence-corrected chi connectivity index (χ0v) is 15.7. The lowest BCUT2D eigenvalue weighted by molar-refractivity contribution is -0.0123. The molecule has 2 heterocycles. The van der Waals surface area contributed by atoms with Crippen LogP contribution in [-0.4, -0.2) is 31.8 Å². The predicted octanol–water partition coefficient (Wildman–Crippen LogP) is 2.95. The van der Waals surface area contributed by atoms with Gasteiger partial charge in [-0.15, -0.1) is 5.10 Å². The molecule has 1 amide bonds. The molecule has 1 aliphatic carbocycles. The fourth-order valence-corrected chi connectivity index (χ4v) is 3.71. The van der Waals surface area contributed by atoms with E-state index in [-0.39, 0.29) is 5.41 Å². The van der Waals surface area contributed by atoms with Gasteiger partial charge in [-0.1, -0.05) is 37.6 Å². The topological polar surface area (TPSA) is 109 Å². The first-order valence-corrected chi connectivity index (χ1v) is 9.09. The molecule has 0 unspecified atom stereocenters. The largest absolute Gasteiger partial charge is 0.443 e. The van der Waals surface area contributed by atoms with Gasteiger partial charge in [-0.25, -0.2) is 9.48 Å². The van der Waals surface area contributed by atoms with Crippen LogP contribution >= 0.6 is 0 Å². The van der Waals surface area contributed by atoms with E-state index in [1.54, 1.807) is 10.9 Å². The maximum absolute atomic E-state index is 11.4. The number of primary amides is 1. The molecule has 0 bridgehead atoms. The highest BCUT2D eigenvalue weighted by atomic mass is 16.6. The lowest BCUT2D eigenvalue weighted by Gasteiger charge is -2.35. The maximum atomic E-state index is 11.4. The second kappa shape index (κ2) is 7.09. The summed E-state index contributed by atoms with van der Waals surface area (Å²) in [5, 5.41) is 12.6. The number of rotatable bonds is 5. The smallest absolute Gasteiger partial charge is 0.405 e. The molecule has 26 heavy (non-hydrogen) atoms. The van der Waals surface area contributed by atoms with Gasteiger partial charge in [0.15, 0.2) is 0 Å². The summed E-state index contributed by atoms with van der Waals surface area (Å²) in [5.41, 5.74) is 7.32. The Hall–Kier alpha value is -2.38. The van der Waals surface area contributed by atoms with Crippen molar-refractivity contribution in [3.8, 4) is 0 Å². The number of nitrogens with two attached hydrogens (primary N) is 1. The highest BCUT2D eigenvalue weighted by molar-refractivity contribution is 5.65. The van der Waals surface area contributed by atoms with Crippen LogP contribution < -0.4 is 5.73 Å². The first-order valence-electron chi connectivity index (χ1n) is 9.09. The van der Waals surface area contributed by atoms with Crippen molar-refractivity contribution in [3.05, 3.63) is 29.4 Å². The first-order chi connectivity index (χ1) is 12.3. The van der Waals surface area contributed by atoms with Crippen molar-refractivity contribution in [1.82, 2.24) is 20.2 Å². The molecular formula is C18H27N5O3. The van der Waals surface area contributed by atoms with E-state index in [0.717, 1.165) is 49.1 Å². The Bertz CT molecular complexity index is 753. The molecule has 1 aliphatic rings. The molecule has 2 aromatic heterocycles. The van der Waals surface area contributed by atoms with Gasteiger partial charge in [0.25, 0.3) is 0 Å². The molecule has 0 saturated heterocycles. The minimum Gasteiger partial charge on any atom is -0.443 e. The summed E-state index contributed by atoms with van der Waals surface area (Å²) < 4.78 is 12.4. The summed E-state index contributed by atoms with van der Waals surface area (Å²) >= 11 is 0. The minimum absolute atomic E-state index is 0.104. The van der Waals surface area contributed by atoms with E-state index in [2.05, 4.69) is 36.2 Å². The van der Waals surface area contributed by atoms with Crippen LogP contribution in [0.1, 0.15) is 69.8 Å². The molecule has 1 fully saturated rings. The zero-order valence-electron chi connectivity index (χ0n) is 15.7. The highest BCUT2D eigenvalue weighted by Gasteiger charge is 2.36. The lowest BCUT2D eigenvalue weighted by Crippen LogP contribution is -2.41. The molecule has 1 saturated carbocycles. The summed E-state index contributed by atoms with van der Waals surface area (Å²) in [6, 6.07) is 0. The molecule has 142 valence electrons. The van der Waals surface area contributed by atoms with Crippen LogP contribution in [0.3, 0.4) is 0 Å². The van der Waals surface area contributed by atoms with Gasteiger partial charge in [-0.3, -0.25) is 0 Å². The first kappa shape index (κ1) is 18.4. The van der Waals surface area contributed by atoms with Gasteiger partial charge in [0.05, 0.1) is 17.9 Å². The number of aromatic nitrogens is 4. The number of carbonyl (C=O) groups is 1. The predicted molar refractivity (Wildman–Crippen MR) is 94.5 cm³/mol. The van der Waals surface area contributed by atoms with Crippen molar-refractivity contribution in [2.75, 3.05) is 0 Å². The van der Waals surface area contributed by atoms with Crippen LogP contribution in [-0.2, 0) is 23.1 Å². The van der Waals surface area contributed by atoms with Crippen LogP contribution in [0.4, 0.5) is 4.79 Å². The van der Waals surface area contributed by atoms with Gasteiger partial charge in [0.2, 0.25) is 0 Å². The second-order valence-electron chi connectivity index (χ2n) is 8.19. The van der Waals surface area contributed by atoms with E-state index in [0.29, 0.717) is 13.0 Å². The number of hydrogen-bond donors (Lipinski definition) is 1. The monoisotopic (exact) mass is 361 g/mol. The van der Waals surface area contributed by atoms with E-state index in [9.17, 15) is 4.79 Å². The summed E-state index contributed by atoms with van der Waals surface area (Å²) in [7, 11) is 0. The molecule has 0 aliphatic heterocycles. The average Bonchev–Trinajstić information content (AvgIpc) is 3.17. The van der Waals surface area contributed by atoms with Crippen LogP contribution in [0.2, 0.25) is 0 Å². The number of ether oxygens (including phenoxy) is 1. The van der Waals surface area contributed by atoms with Crippen molar-refractivity contribution < 1.29 is 14.1 Å². The molecule has 3 rings (SSSR count). The third-order valence-corrected chi connectivity index (χ3v) is 4.86. The second-order valence-corrected chi connectivity index (χ2v) is 8.19. The van der Waals surface area contributed by atoms with E-state index in [1.165, 1.54) is 0 Å². The zero-order chi connectivity index (χ0) is 18.8. The van der Waals surface area contributed by atoms with E-state index < -0.39 is 11.7 Å². The molecule has 2 aromatic rings. The van der Waals surface area contributed by atoms with E-state index in [4.69, 9.17) is 15.0 Å². The Balaban J connectivity index is 1.73. The van der Waals surface area contributed by atoms with Crippen molar-refractivity contribution in [2.45, 2.75) is 76.9 Å². The number of carbonyl (C=O) groups excluding carboxylic acids is 1. The number of hydrogen-bond acceptors (Lipinski definition) is 6. The van der Waals surface area contributed by atoms with Gasteiger partial charge in [-0.05, 0) is 25.7 Å². The fraction of sp³-hybridized carbons (Fsp3) is 0.667. The fourth-order valence-electron chi connectivity index (χ4n) is 3.71. The van der Waals surface area contributed by atoms with Crippen LogP contribution in [0.15, 0.2) is 17.0 Å².